The normalized spacial score (nSPS) is 17.1. The molecule has 0 spiro atoms. The van der Waals surface area contributed by atoms with Crippen LogP contribution in [0.25, 0.3) is 0 Å². The minimum absolute atomic E-state index is 0.0300. The topological polar surface area (TPSA) is 67.2 Å². The molecule has 1 aliphatic heterocycles. The van der Waals surface area contributed by atoms with Crippen LogP contribution in [0, 0.1) is 25.7 Å². The highest BCUT2D eigenvalue weighted by atomic mass is 16.2. The fraction of sp³-hybridized carbons (Fsp3) is 0.560. The van der Waals surface area contributed by atoms with Crippen LogP contribution in [0.15, 0.2) is 24.3 Å². The summed E-state index contributed by atoms with van der Waals surface area (Å²) >= 11 is 0. The van der Waals surface area contributed by atoms with Crippen LogP contribution in [0.3, 0.4) is 0 Å². The van der Waals surface area contributed by atoms with Gasteiger partial charge in [-0.15, -0.1) is 0 Å². The van der Waals surface area contributed by atoms with Crippen LogP contribution in [-0.2, 0) is 24.7 Å². The lowest BCUT2D eigenvalue weighted by molar-refractivity contribution is -0.133. The summed E-state index contributed by atoms with van der Waals surface area (Å²) in [7, 11) is 1.95. The Kier molecular flexibility index (Phi) is 6.44. The number of benzene rings is 1. The number of amides is 2. The zero-order chi connectivity index (χ0) is 22.0. The molecule has 0 atom stereocenters. The smallest absolute Gasteiger partial charge is 0.251 e. The van der Waals surface area contributed by atoms with Crippen LogP contribution in [0.4, 0.5) is 0 Å². The van der Waals surface area contributed by atoms with Crippen molar-refractivity contribution in [3.05, 3.63) is 52.3 Å². The molecule has 1 aromatic heterocycles. The SMILES string of the molecule is Cc1nn(C)c(C)c1CCNC(=O)c1ccc(CC2CCN(C(=O)C3CC3)CC2)cc1. The van der Waals surface area contributed by atoms with Gasteiger partial charge in [0.25, 0.3) is 5.91 Å². The highest BCUT2D eigenvalue weighted by molar-refractivity contribution is 5.94. The molecule has 1 N–H and O–H groups in total. The molecule has 0 radical (unpaired) electrons. The Balaban J connectivity index is 1.22. The number of piperidine rings is 1. The second-order valence-corrected chi connectivity index (χ2v) is 9.22. The van der Waals surface area contributed by atoms with Crippen molar-refractivity contribution in [3.8, 4) is 0 Å². The Labute approximate surface area is 185 Å². The van der Waals surface area contributed by atoms with Gasteiger partial charge in [0.05, 0.1) is 5.69 Å². The van der Waals surface area contributed by atoms with Crippen LogP contribution < -0.4 is 5.32 Å². The number of aromatic nitrogens is 2. The van der Waals surface area contributed by atoms with Gasteiger partial charge in [0.2, 0.25) is 5.91 Å². The van der Waals surface area contributed by atoms with Gasteiger partial charge in [-0.05, 0) is 81.5 Å². The first-order valence-electron chi connectivity index (χ1n) is 11.6. The molecule has 6 heteroatoms. The van der Waals surface area contributed by atoms with E-state index < -0.39 is 0 Å². The summed E-state index contributed by atoms with van der Waals surface area (Å²) in [6, 6.07) is 8.01. The number of aryl methyl sites for hydroxylation is 2. The number of carbonyl (C=O) groups excluding carboxylic acids is 2. The Morgan fingerprint density at radius 1 is 1.06 bits per heavy atom. The summed E-state index contributed by atoms with van der Waals surface area (Å²) in [5.41, 5.74) is 5.36. The number of hydrogen-bond acceptors (Lipinski definition) is 3. The van der Waals surface area contributed by atoms with Crippen LogP contribution in [0.5, 0.6) is 0 Å². The third-order valence-electron chi connectivity index (χ3n) is 6.91. The third-order valence-corrected chi connectivity index (χ3v) is 6.91. The molecule has 2 amide bonds. The van der Waals surface area contributed by atoms with E-state index in [-0.39, 0.29) is 5.91 Å². The van der Waals surface area contributed by atoms with Crippen LogP contribution in [0.1, 0.15) is 58.6 Å². The van der Waals surface area contributed by atoms with Gasteiger partial charge in [-0.25, -0.2) is 0 Å². The lowest BCUT2D eigenvalue weighted by Gasteiger charge is -2.32. The van der Waals surface area contributed by atoms with E-state index in [1.165, 1.54) is 11.1 Å². The molecule has 0 unspecified atom stereocenters. The van der Waals surface area contributed by atoms with Crippen molar-refractivity contribution in [1.29, 1.82) is 0 Å². The van der Waals surface area contributed by atoms with Gasteiger partial charge in [-0.2, -0.15) is 5.10 Å². The van der Waals surface area contributed by atoms with Crippen LogP contribution in [-0.4, -0.2) is 46.1 Å². The van der Waals surface area contributed by atoms with Crippen LogP contribution >= 0.6 is 0 Å². The number of nitrogens with zero attached hydrogens (tertiary/aromatic N) is 3. The van der Waals surface area contributed by atoms with E-state index in [9.17, 15) is 9.59 Å². The number of rotatable bonds is 7. The van der Waals surface area contributed by atoms with Crippen LogP contribution in [0.2, 0.25) is 0 Å². The summed E-state index contributed by atoms with van der Waals surface area (Å²) in [5.74, 6) is 1.29. The zero-order valence-corrected chi connectivity index (χ0v) is 19.0. The lowest BCUT2D eigenvalue weighted by atomic mass is 9.89. The first-order valence-corrected chi connectivity index (χ1v) is 11.6. The average molecular weight is 423 g/mol. The van der Waals surface area contributed by atoms with Crippen molar-refractivity contribution in [3.63, 3.8) is 0 Å². The van der Waals surface area contributed by atoms with Crippen molar-refractivity contribution in [2.45, 2.75) is 52.4 Å². The Morgan fingerprint density at radius 2 is 1.74 bits per heavy atom. The quantitative estimate of drug-likeness (QED) is 0.745. The van der Waals surface area contributed by atoms with Gasteiger partial charge in [0.1, 0.15) is 0 Å². The number of hydrogen-bond donors (Lipinski definition) is 1. The fourth-order valence-corrected chi connectivity index (χ4v) is 4.65. The molecule has 1 saturated heterocycles. The van der Waals surface area contributed by atoms with Gasteiger partial charge in [0, 0.05) is 43.9 Å². The molecule has 31 heavy (non-hydrogen) atoms. The summed E-state index contributed by atoms with van der Waals surface area (Å²) in [4.78, 5) is 26.8. The standard InChI is InChI=1S/C25H34N4O2/c1-17-23(18(2)28(3)27-17)10-13-26-24(30)21-6-4-19(5-7-21)16-20-11-14-29(15-12-20)25(31)22-8-9-22/h4-7,20,22H,8-16H2,1-3H3,(H,26,30). The number of nitrogens with one attached hydrogen (secondary N) is 1. The second kappa shape index (κ2) is 9.25. The highest BCUT2D eigenvalue weighted by Gasteiger charge is 2.34. The zero-order valence-electron chi connectivity index (χ0n) is 19.0. The average Bonchev–Trinajstić information content (AvgIpc) is 3.58. The largest absolute Gasteiger partial charge is 0.352 e. The van der Waals surface area contributed by atoms with E-state index in [1.54, 1.807) is 0 Å². The van der Waals surface area contributed by atoms with Gasteiger partial charge < -0.3 is 10.2 Å². The van der Waals surface area contributed by atoms with Gasteiger partial charge in [-0.1, -0.05) is 12.1 Å². The maximum absolute atomic E-state index is 12.5. The minimum Gasteiger partial charge on any atom is -0.352 e. The molecule has 4 rings (SSSR count). The maximum atomic E-state index is 12.5. The summed E-state index contributed by atoms with van der Waals surface area (Å²) in [5, 5.41) is 7.46. The summed E-state index contributed by atoms with van der Waals surface area (Å²) in [6.45, 7) is 6.47. The van der Waals surface area contributed by atoms with Crippen molar-refractivity contribution in [1.82, 2.24) is 20.0 Å². The molecular weight excluding hydrogens is 388 g/mol. The maximum Gasteiger partial charge on any atom is 0.251 e. The number of carbonyl (C=O) groups is 2. The first-order chi connectivity index (χ1) is 14.9. The van der Waals surface area contributed by atoms with Gasteiger partial charge >= 0.3 is 0 Å². The van der Waals surface area contributed by atoms with Crippen molar-refractivity contribution < 1.29 is 9.59 Å². The van der Waals surface area contributed by atoms with Crippen molar-refractivity contribution >= 4 is 11.8 Å². The van der Waals surface area contributed by atoms with Crippen molar-refractivity contribution in [2.24, 2.45) is 18.9 Å². The molecule has 1 aromatic carbocycles. The molecule has 2 heterocycles. The van der Waals surface area contributed by atoms with E-state index in [1.807, 2.05) is 30.8 Å². The first kappa shape index (κ1) is 21.6. The lowest BCUT2D eigenvalue weighted by Crippen LogP contribution is -2.39. The molecule has 6 nitrogen and oxygen atoms in total. The van der Waals surface area contributed by atoms with E-state index in [2.05, 4.69) is 34.4 Å². The molecule has 0 bridgehead atoms. The predicted octanol–water partition coefficient (Wildman–Crippen LogP) is 3.20. The third kappa shape index (κ3) is 5.17. The molecule has 1 aliphatic carbocycles. The molecule has 2 aliphatic rings. The monoisotopic (exact) mass is 422 g/mol. The molecule has 166 valence electrons. The molecule has 2 fully saturated rings. The van der Waals surface area contributed by atoms with E-state index in [0.29, 0.717) is 29.9 Å². The Bertz CT molecular complexity index is 935. The van der Waals surface area contributed by atoms with Gasteiger partial charge in [-0.3, -0.25) is 14.3 Å². The summed E-state index contributed by atoms with van der Waals surface area (Å²) in [6.07, 6.45) is 6.13. The van der Waals surface area contributed by atoms with E-state index >= 15 is 0 Å². The minimum atomic E-state index is -0.0300. The number of likely N-dealkylation sites (tertiary alicyclic amines) is 1. The Hall–Kier alpha value is -2.63. The predicted molar refractivity (Wildman–Crippen MR) is 121 cm³/mol. The fourth-order valence-electron chi connectivity index (χ4n) is 4.65. The van der Waals surface area contributed by atoms with Gasteiger partial charge in [0.15, 0.2) is 0 Å². The molecule has 2 aromatic rings. The molecular formula is C25H34N4O2. The van der Waals surface area contributed by atoms with Crippen molar-refractivity contribution in [2.75, 3.05) is 19.6 Å². The molecule has 1 saturated carbocycles. The van der Waals surface area contributed by atoms with E-state index in [4.69, 9.17) is 0 Å². The highest BCUT2D eigenvalue weighted by Crippen LogP contribution is 2.33. The Morgan fingerprint density at radius 3 is 2.32 bits per heavy atom. The second-order valence-electron chi connectivity index (χ2n) is 9.22. The summed E-state index contributed by atoms with van der Waals surface area (Å²) < 4.78 is 1.89. The van der Waals surface area contributed by atoms with E-state index in [0.717, 1.165) is 63.0 Å².